The van der Waals surface area contributed by atoms with Gasteiger partial charge in [0.2, 0.25) is 5.13 Å². The molecule has 2 heterocycles. The molecular weight excluding hydrogens is 420 g/mol. The molecule has 1 amide bonds. The quantitative estimate of drug-likeness (QED) is 0.399. The van der Waals surface area contributed by atoms with E-state index in [0.29, 0.717) is 12.1 Å². The highest BCUT2D eigenvalue weighted by Gasteiger charge is 2.13. The van der Waals surface area contributed by atoms with Gasteiger partial charge in [-0.05, 0) is 41.0 Å². The van der Waals surface area contributed by atoms with Gasteiger partial charge in [0, 0.05) is 12.7 Å². The summed E-state index contributed by atoms with van der Waals surface area (Å²) in [7, 11) is 1.65. The summed E-state index contributed by atoms with van der Waals surface area (Å²) in [6, 6.07) is 23.9. The van der Waals surface area contributed by atoms with E-state index in [1.807, 2.05) is 66.7 Å². The second-order valence-corrected chi connectivity index (χ2v) is 8.22. The Kier molecular flexibility index (Phi) is 5.39. The first kappa shape index (κ1) is 20.0. The number of ether oxygens (including phenoxy) is 1. The first-order valence-electron chi connectivity index (χ1n) is 10.1. The lowest BCUT2D eigenvalue weighted by molar-refractivity contribution is 0.0951. The number of methoxy groups -OCH3 is 1. The molecule has 0 aliphatic rings. The number of carbonyl (C=O) groups excluding carboxylic acids is 1. The number of nitrogens with one attached hydrogen (secondary N) is 1. The third-order valence-corrected chi connectivity index (χ3v) is 6.21. The minimum Gasteiger partial charge on any atom is -0.497 e. The van der Waals surface area contributed by atoms with Crippen LogP contribution in [0.15, 0.2) is 85.2 Å². The lowest BCUT2D eigenvalue weighted by Gasteiger charge is -2.11. The average molecular weight is 441 g/mol. The van der Waals surface area contributed by atoms with Gasteiger partial charge >= 0.3 is 0 Å². The molecular formula is C25H20N4O2S. The van der Waals surface area contributed by atoms with Gasteiger partial charge in [0.15, 0.2) is 0 Å². The molecule has 0 aliphatic carbocycles. The summed E-state index contributed by atoms with van der Waals surface area (Å²) in [5, 5.41) is 8.07. The van der Waals surface area contributed by atoms with Crippen LogP contribution in [0, 0.1) is 0 Å². The topological polar surface area (TPSA) is 69.0 Å². The lowest BCUT2D eigenvalue weighted by atomic mass is 9.99. The number of rotatable bonds is 6. The summed E-state index contributed by atoms with van der Waals surface area (Å²) in [4.78, 5) is 17.4. The zero-order chi connectivity index (χ0) is 21.9. The highest BCUT2D eigenvalue weighted by molar-refractivity contribution is 7.20. The molecule has 2 aromatic heterocycles. The van der Waals surface area contributed by atoms with Gasteiger partial charge in [0.05, 0.1) is 29.1 Å². The Bertz CT molecular complexity index is 1360. The third kappa shape index (κ3) is 3.98. The molecule has 0 bridgehead atoms. The number of hydrogen-bond acceptors (Lipinski definition) is 5. The summed E-state index contributed by atoms with van der Waals surface area (Å²) in [5.41, 5.74) is 4.58. The molecule has 0 aliphatic heterocycles. The molecule has 5 aromatic rings. The Labute approximate surface area is 189 Å². The molecule has 1 N–H and O–H groups in total. The lowest BCUT2D eigenvalue weighted by Crippen LogP contribution is -2.22. The van der Waals surface area contributed by atoms with Crippen molar-refractivity contribution in [2.75, 3.05) is 7.11 Å². The van der Waals surface area contributed by atoms with Crippen LogP contribution in [0.4, 0.5) is 0 Å². The minimum absolute atomic E-state index is 0.179. The molecule has 32 heavy (non-hydrogen) atoms. The molecule has 6 nitrogen and oxygen atoms in total. The maximum absolute atomic E-state index is 12.8. The number of thiazole rings is 1. The number of fused-ring (bicyclic) bond motifs is 1. The van der Waals surface area contributed by atoms with Crippen molar-refractivity contribution >= 4 is 27.5 Å². The monoisotopic (exact) mass is 440 g/mol. The van der Waals surface area contributed by atoms with Gasteiger partial charge in [-0.25, -0.2) is 9.67 Å². The molecule has 0 radical (unpaired) electrons. The predicted octanol–water partition coefficient (Wildman–Crippen LogP) is 5.09. The number of nitrogens with zero attached hydrogens (tertiary/aromatic N) is 3. The SMILES string of the molecule is COc1ccc(-c2ccccc2CNC(=O)c2cnn(-c3nc4ccccc4s3)c2)cc1. The Hall–Kier alpha value is -3.97. The van der Waals surface area contributed by atoms with E-state index in [2.05, 4.69) is 21.5 Å². The van der Waals surface area contributed by atoms with Gasteiger partial charge in [0.25, 0.3) is 5.91 Å². The number of para-hydroxylation sites is 1. The largest absolute Gasteiger partial charge is 0.497 e. The summed E-state index contributed by atoms with van der Waals surface area (Å²) >= 11 is 1.54. The van der Waals surface area contributed by atoms with Crippen LogP contribution >= 0.6 is 11.3 Å². The first-order chi connectivity index (χ1) is 15.7. The normalized spacial score (nSPS) is 10.9. The van der Waals surface area contributed by atoms with Crippen LogP contribution in [0.2, 0.25) is 0 Å². The van der Waals surface area contributed by atoms with Crippen LogP contribution < -0.4 is 10.1 Å². The van der Waals surface area contributed by atoms with Crippen LogP contribution in [0.5, 0.6) is 5.75 Å². The van der Waals surface area contributed by atoms with E-state index in [1.165, 1.54) is 11.3 Å². The van der Waals surface area contributed by atoms with Gasteiger partial charge in [-0.3, -0.25) is 4.79 Å². The molecule has 0 atom stereocenters. The van der Waals surface area contributed by atoms with E-state index < -0.39 is 0 Å². The van der Waals surface area contributed by atoms with Gasteiger partial charge in [-0.1, -0.05) is 59.9 Å². The standard InChI is InChI=1S/C25H20N4O2S/c1-31-20-12-10-17(11-13-20)21-7-3-2-6-18(21)14-26-24(30)19-15-27-29(16-19)25-28-22-8-4-5-9-23(22)32-25/h2-13,15-16H,14H2,1H3,(H,26,30). The van der Waals surface area contributed by atoms with E-state index in [-0.39, 0.29) is 5.91 Å². The summed E-state index contributed by atoms with van der Waals surface area (Å²) in [6.45, 7) is 0.410. The number of amides is 1. The summed E-state index contributed by atoms with van der Waals surface area (Å²) in [5.74, 6) is 0.631. The molecule has 0 fully saturated rings. The second kappa shape index (κ2) is 8.64. The van der Waals surface area contributed by atoms with Crippen molar-refractivity contribution in [3.8, 4) is 22.0 Å². The molecule has 5 rings (SSSR count). The van der Waals surface area contributed by atoms with Gasteiger partial charge in [-0.2, -0.15) is 5.10 Å². The van der Waals surface area contributed by atoms with Crippen LogP contribution in [0.25, 0.3) is 26.5 Å². The van der Waals surface area contributed by atoms with E-state index in [4.69, 9.17) is 4.74 Å². The average Bonchev–Trinajstić information content (AvgIpc) is 3.50. The number of aromatic nitrogens is 3. The van der Waals surface area contributed by atoms with Crippen LogP contribution in [0.1, 0.15) is 15.9 Å². The Morgan fingerprint density at radius 3 is 2.62 bits per heavy atom. The van der Waals surface area contributed by atoms with E-state index in [1.54, 1.807) is 24.2 Å². The molecule has 0 saturated heterocycles. The molecule has 3 aromatic carbocycles. The zero-order valence-corrected chi connectivity index (χ0v) is 18.2. The van der Waals surface area contributed by atoms with Gasteiger partial charge in [-0.15, -0.1) is 0 Å². The second-order valence-electron chi connectivity index (χ2n) is 7.21. The van der Waals surface area contributed by atoms with Crippen molar-refractivity contribution in [1.29, 1.82) is 0 Å². The van der Waals surface area contributed by atoms with Crippen molar-refractivity contribution in [1.82, 2.24) is 20.1 Å². The molecule has 0 spiro atoms. The van der Waals surface area contributed by atoms with E-state index in [0.717, 1.165) is 37.8 Å². The maximum Gasteiger partial charge on any atom is 0.254 e. The van der Waals surface area contributed by atoms with E-state index >= 15 is 0 Å². The molecule has 7 heteroatoms. The van der Waals surface area contributed by atoms with Crippen LogP contribution in [0.3, 0.4) is 0 Å². The van der Waals surface area contributed by atoms with Crippen molar-refractivity contribution in [2.24, 2.45) is 0 Å². The van der Waals surface area contributed by atoms with Gasteiger partial charge < -0.3 is 10.1 Å². The highest BCUT2D eigenvalue weighted by Crippen LogP contribution is 2.26. The predicted molar refractivity (Wildman–Crippen MR) is 126 cm³/mol. The highest BCUT2D eigenvalue weighted by atomic mass is 32.1. The zero-order valence-electron chi connectivity index (χ0n) is 17.4. The van der Waals surface area contributed by atoms with Crippen molar-refractivity contribution < 1.29 is 9.53 Å². The fourth-order valence-electron chi connectivity index (χ4n) is 3.51. The fraction of sp³-hybridized carbons (Fsp3) is 0.0800. The van der Waals surface area contributed by atoms with Crippen LogP contribution in [-0.2, 0) is 6.54 Å². The minimum atomic E-state index is -0.179. The number of hydrogen-bond donors (Lipinski definition) is 1. The van der Waals surface area contributed by atoms with Gasteiger partial charge in [0.1, 0.15) is 5.75 Å². The van der Waals surface area contributed by atoms with Crippen molar-refractivity contribution in [2.45, 2.75) is 6.54 Å². The Balaban J connectivity index is 1.31. The maximum atomic E-state index is 12.8. The Morgan fingerprint density at radius 1 is 1.03 bits per heavy atom. The summed E-state index contributed by atoms with van der Waals surface area (Å²) < 4.78 is 7.97. The van der Waals surface area contributed by atoms with E-state index in [9.17, 15) is 4.79 Å². The molecule has 0 saturated carbocycles. The smallest absolute Gasteiger partial charge is 0.254 e. The van der Waals surface area contributed by atoms with Crippen LogP contribution in [-0.4, -0.2) is 27.8 Å². The molecule has 158 valence electrons. The van der Waals surface area contributed by atoms with Crippen molar-refractivity contribution in [3.63, 3.8) is 0 Å². The summed E-state index contributed by atoms with van der Waals surface area (Å²) in [6.07, 6.45) is 3.28. The fourth-order valence-corrected chi connectivity index (χ4v) is 4.41. The number of benzene rings is 3. The number of carbonyl (C=O) groups is 1. The molecule has 0 unspecified atom stereocenters. The Morgan fingerprint density at radius 2 is 1.81 bits per heavy atom. The first-order valence-corrected chi connectivity index (χ1v) is 10.9. The van der Waals surface area contributed by atoms with Crippen molar-refractivity contribution in [3.05, 3.63) is 96.3 Å². The third-order valence-electron chi connectivity index (χ3n) is 5.18.